The Labute approximate surface area is 115 Å². The zero-order valence-electron chi connectivity index (χ0n) is 11.3. The van der Waals surface area contributed by atoms with Crippen LogP contribution in [0, 0.1) is 13.8 Å². The molecule has 4 aromatic rings. The molecule has 0 amide bonds. The highest BCUT2D eigenvalue weighted by Crippen LogP contribution is 2.25. The van der Waals surface area contributed by atoms with Gasteiger partial charge in [-0.3, -0.25) is 9.97 Å². The van der Waals surface area contributed by atoms with Gasteiger partial charge >= 0.3 is 0 Å². The summed E-state index contributed by atoms with van der Waals surface area (Å²) < 4.78 is 0. The lowest BCUT2D eigenvalue weighted by molar-refractivity contribution is 1.19. The van der Waals surface area contributed by atoms with Crippen LogP contribution in [0.2, 0.25) is 0 Å². The molecule has 0 spiro atoms. The largest absolute Gasteiger partial charge is 0.251 e. The summed E-state index contributed by atoms with van der Waals surface area (Å²) in [5.41, 5.74) is 5.51. The number of nitrogens with zero attached hydrogens (tertiary/aromatic N) is 4. The number of aryl methyl sites for hydroxylation is 2. The molecule has 4 rings (SSSR count). The van der Waals surface area contributed by atoms with Crippen LogP contribution in [0.5, 0.6) is 0 Å². The minimum absolute atomic E-state index is 0.660. The summed E-state index contributed by atoms with van der Waals surface area (Å²) in [6.45, 7) is 4.10. The van der Waals surface area contributed by atoms with Crippen LogP contribution in [0.15, 0.2) is 36.7 Å². The lowest BCUT2D eigenvalue weighted by Gasteiger charge is -2.06. The molecule has 0 bridgehead atoms. The summed E-state index contributed by atoms with van der Waals surface area (Å²) >= 11 is 0. The van der Waals surface area contributed by atoms with Gasteiger partial charge in [-0.15, -0.1) is 0 Å². The summed E-state index contributed by atoms with van der Waals surface area (Å²) in [5, 5.41) is 2.15. The first-order chi connectivity index (χ1) is 9.72. The third kappa shape index (κ3) is 1.54. The highest BCUT2D eigenvalue weighted by molar-refractivity contribution is 6.05. The molecule has 0 saturated heterocycles. The maximum absolute atomic E-state index is 4.70. The molecule has 0 aliphatic carbocycles. The van der Waals surface area contributed by atoms with E-state index >= 15 is 0 Å². The Morgan fingerprint density at radius 1 is 0.800 bits per heavy atom. The first-order valence-corrected chi connectivity index (χ1v) is 6.51. The molecule has 3 heterocycles. The second kappa shape index (κ2) is 3.93. The van der Waals surface area contributed by atoms with Crippen LogP contribution in [-0.4, -0.2) is 19.9 Å². The second-order valence-electron chi connectivity index (χ2n) is 4.99. The molecule has 20 heavy (non-hydrogen) atoms. The summed E-state index contributed by atoms with van der Waals surface area (Å²) in [4.78, 5) is 17.9. The number of aromatic nitrogens is 4. The van der Waals surface area contributed by atoms with Crippen molar-refractivity contribution in [3.63, 3.8) is 0 Å². The smallest absolute Gasteiger partial charge is 0.178 e. The van der Waals surface area contributed by atoms with Crippen LogP contribution in [-0.2, 0) is 0 Å². The molecule has 0 unspecified atom stereocenters. The average Bonchev–Trinajstić information content (AvgIpc) is 2.47. The summed E-state index contributed by atoms with van der Waals surface area (Å²) in [7, 11) is 0. The predicted molar refractivity (Wildman–Crippen MR) is 79.6 cm³/mol. The average molecular weight is 260 g/mol. The Balaban J connectivity index is 2.22. The van der Waals surface area contributed by atoms with E-state index in [1.807, 2.05) is 13.0 Å². The van der Waals surface area contributed by atoms with Crippen molar-refractivity contribution in [2.45, 2.75) is 13.8 Å². The molecule has 0 fully saturated rings. The zero-order chi connectivity index (χ0) is 13.7. The van der Waals surface area contributed by atoms with Gasteiger partial charge in [-0.2, -0.15) is 0 Å². The number of hydrogen-bond acceptors (Lipinski definition) is 4. The van der Waals surface area contributed by atoms with E-state index in [9.17, 15) is 0 Å². The topological polar surface area (TPSA) is 51.6 Å². The lowest BCUT2D eigenvalue weighted by Crippen LogP contribution is -1.93. The standard InChI is InChI=1S/C16H12N4/c1-9-7-11-3-4-12-8-13-16(18-6-5-17-13)20-15(12)14(11)19-10(9)2/h3-8H,1-2H3. The Hall–Kier alpha value is -2.62. The molecular formula is C16H12N4. The van der Waals surface area contributed by atoms with Gasteiger partial charge in [0.05, 0.1) is 11.0 Å². The normalized spacial score (nSPS) is 11.5. The van der Waals surface area contributed by atoms with Crippen molar-refractivity contribution >= 4 is 33.0 Å². The Kier molecular flexibility index (Phi) is 2.21. The fourth-order valence-corrected chi connectivity index (χ4v) is 2.45. The van der Waals surface area contributed by atoms with Crippen LogP contribution < -0.4 is 0 Å². The van der Waals surface area contributed by atoms with Gasteiger partial charge in [-0.25, -0.2) is 9.97 Å². The Bertz CT molecular complexity index is 976. The van der Waals surface area contributed by atoms with Crippen LogP contribution in [0.3, 0.4) is 0 Å². The number of benzene rings is 1. The van der Waals surface area contributed by atoms with Gasteiger partial charge in [-0.05, 0) is 31.5 Å². The summed E-state index contributed by atoms with van der Waals surface area (Å²) in [5.74, 6) is 0. The van der Waals surface area contributed by atoms with Gasteiger partial charge in [0.25, 0.3) is 0 Å². The van der Waals surface area contributed by atoms with E-state index in [-0.39, 0.29) is 0 Å². The molecular weight excluding hydrogens is 248 g/mol. The predicted octanol–water partition coefficient (Wildman–Crippen LogP) is 3.34. The number of hydrogen-bond donors (Lipinski definition) is 0. The number of pyridine rings is 2. The van der Waals surface area contributed by atoms with E-state index in [0.717, 1.165) is 33.0 Å². The number of rotatable bonds is 0. The van der Waals surface area contributed by atoms with Crippen molar-refractivity contribution in [3.8, 4) is 0 Å². The number of fused-ring (bicyclic) bond motifs is 4. The van der Waals surface area contributed by atoms with E-state index in [1.165, 1.54) is 5.56 Å². The molecule has 4 nitrogen and oxygen atoms in total. The fraction of sp³-hybridized carbons (Fsp3) is 0.125. The summed E-state index contributed by atoms with van der Waals surface area (Å²) in [6.07, 6.45) is 3.35. The molecule has 0 saturated carbocycles. The van der Waals surface area contributed by atoms with Crippen molar-refractivity contribution in [2.75, 3.05) is 0 Å². The van der Waals surface area contributed by atoms with E-state index in [0.29, 0.717) is 5.65 Å². The van der Waals surface area contributed by atoms with Gasteiger partial charge in [0, 0.05) is 28.9 Å². The quantitative estimate of drug-likeness (QED) is 0.359. The first-order valence-electron chi connectivity index (χ1n) is 6.51. The minimum atomic E-state index is 0.660. The van der Waals surface area contributed by atoms with Crippen molar-refractivity contribution in [2.24, 2.45) is 0 Å². The molecule has 1 aromatic carbocycles. The molecule has 0 aliphatic heterocycles. The third-order valence-electron chi connectivity index (χ3n) is 3.65. The fourth-order valence-electron chi connectivity index (χ4n) is 2.45. The molecule has 0 aliphatic rings. The highest BCUT2D eigenvalue weighted by atomic mass is 14.9. The van der Waals surface area contributed by atoms with Crippen molar-refractivity contribution in [1.82, 2.24) is 19.9 Å². The Morgan fingerprint density at radius 3 is 2.35 bits per heavy atom. The highest BCUT2D eigenvalue weighted by Gasteiger charge is 2.08. The SMILES string of the molecule is Cc1cc2ccc3cc4nccnc4nc3c2nc1C. The van der Waals surface area contributed by atoms with E-state index in [1.54, 1.807) is 12.4 Å². The van der Waals surface area contributed by atoms with Crippen molar-refractivity contribution < 1.29 is 0 Å². The van der Waals surface area contributed by atoms with Gasteiger partial charge in [0.15, 0.2) is 5.65 Å². The molecule has 0 atom stereocenters. The molecule has 4 heteroatoms. The minimum Gasteiger partial charge on any atom is -0.251 e. The zero-order valence-corrected chi connectivity index (χ0v) is 11.3. The third-order valence-corrected chi connectivity index (χ3v) is 3.65. The Morgan fingerprint density at radius 2 is 1.50 bits per heavy atom. The van der Waals surface area contributed by atoms with E-state index < -0.39 is 0 Å². The van der Waals surface area contributed by atoms with Crippen LogP contribution >= 0.6 is 0 Å². The van der Waals surface area contributed by atoms with Gasteiger partial charge in [-0.1, -0.05) is 12.1 Å². The monoisotopic (exact) mass is 260 g/mol. The molecule has 3 aromatic heterocycles. The van der Waals surface area contributed by atoms with Gasteiger partial charge < -0.3 is 0 Å². The molecule has 96 valence electrons. The van der Waals surface area contributed by atoms with Crippen LogP contribution in [0.4, 0.5) is 0 Å². The van der Waals surface area contributed by atoms with Crippen molar-refractivity contribution in [1.29, 1.82) is 0 Å². The lowest BCUT2D eigenvalue weighted by atomic mass is 10.1. The summed E-state index contributed by atoms with van der Waals surface area (Å²) in [6, 6.07) is 8.32. The first kappa shape index (κ1) is 11.2. The van der Waals surface area contributed by atoms with Crippen LogP contribution in [0.25, 0.3) is 33.0 Å². The van der Waals surface area contributed by atoms with E-state index in [4.69, 9.17) is 4.98 Å². The van der Waals surface area contributed by atoms with Crippen LogP contribution in [0.1, 0.15) is 11.3 Å². The second-order valence-corrected chi connectivity index (χ2v) is 4.99. The maximum Gasteiger partial charge on any atom is 0.178 e. The molecule has 0 radical (unpaired) electrons. The van der Waals surface area contributed by atoms with Gasteiger partial charge in [0.1, 0.15) is 5.52 Å². The van der Waals surface area contributed by atoms with Gasteiger partial charge in [0.2, 0.25) is 0 Å². The maximum atomic E-state index is 4.70. The van der Waals surface area contributed by atoms with E-state index in [2.05, 4.69) is 40.1 Å². The van der Waals surface area contributed by atoms with Crippen molar-refractivity contribution in [3.05, 3.63) is 47.9 Å². The molecule has 0 N–H and O–H groups in total.